The lowest BCUT2D eigenvalue weighted by molar-refractivity contribution is -0.119. The van der Waals surface area contributed by atoms with Crippen LogP contribution in [0, 0.1) is 11.8 Å². The van der Waals surface area contributed by atoms with E-state index in [2.05, 4.69) is 16.7 Å². The molecule has 0 unspecified atom stereocenters. The van der Waals surface area contributed by atoms with E-state index in [1.165, 1.54) is 5.56 Å². The second kappa shape index (κ2) is 8.47. The van der Waals surface area contributed by atoms with Crippen LogP contribution in [0.4, 0.5) is 5.69 Å². The van der Waals surface area contributed by atoms with Gasteiger partial charge >= 0.3 is 0 Å². The van der Waals surface area contributed by atoms with Crippen LogP contribution < -0.4 is 4.90 Å². The summed E-state index contributed by atoms with van der Waals surface area (Å²) in [6.45, 7) is 1.26. The van der Waals surface area contributed by atoms with Gasteiger partial charge in [-0.3, -0.25) is 9.59 Å². The van der Waals surface area contributed by atoms with Crippen LogP contribution in [0.3, 0.4) is 0 Å². The molecule has 0 saturated heterocycles. The maximum Gasteiger partial charge on any atom is 0.230 e. The van der Waals surface area contributed by atoms with Crippen LogP contribution in [-0.4, -0.2) is 25.9 Å². The summed E-state index contributed by atoms with van der Waals surface area (Å²) in [7, 11) is 0. The Morgan fingerprint density at radius 1 is 0.889 bits per heavy atom. The molecule has 1 aliphatic heterocycles. The van der Waals surface area contributed by atoms with Crippen molar-refractivity contribution in [3.05, 3.63) is 77.7 Å². The summed E-state index contributed by atoms with van der Waals surface area (Å²) in [6.07, 6.45) is 6.89. The molecule has 2 aromatic heterocycles. The van der Waals surface area contributed by atoms with Crippen molar-refractivity contribution in [2.75, 3.05) is 4.90 Å². The number of aryl methyl sites for hydroxylation is 2. The van der Waals surface area contributed by atoms with E-state index in [1.54, 1.807) is 0 Å². The Bertz CT molecular complexity index is 1460. The van der Waals surface area contributed by atoms with E-state index in [-0.39, 0.29) is 23.5 Å². The number of para-hydroxylation sites is 1. The van der Waals surface area contributed by atoms with Crippen molar-refractivity contribution in [2.45, 2.75) is 58.0 Å². The zero-order chi connectivity index (χ0) is 24.2. The van der Waals surface area contributed by atoms with Crippen molar-refractivity contribution in [1.82, 2.24) is 14.2 Å². The molecule has 1 amide bonds. The van der Waals surface area contributed by atoms with Crippen LogP contribution in [0.2, 0.25) is 0 Å². The molecule has 3 aliphatic rings. The van der Waals surface area contributed by atoms with Crippen LogP contribution in [0.1, 0.15) is 60.4 Å². The summed E-state index contributed by atoms with van der Waals surface area (Å²) in [4.78, 5) is 28.9. The van der Waals surface area contributed by atoms with Gasteiger partial charge in [0, 0.05) is 35.2 Å². The molecule has 7 rings (SSSR count). The molecule has 4 aromatic rings. The maximum atomic E-state index is 13.7. The van der Waals surface area contributed by atoms with Gasteiger partial charge in [-0.1, -0.05) is 48.5 Å². The van der Waals surface area contributed by atoms with E-state index < -0.39 is 0 Å². The third-order valence-corrected chi connectivity index (χ3v) is 7.87. The SMILES string of the molecule is O=C(c1c(-c2ccccc2)c2c3n(c(CN(C(=O)C4CC4)c4ccccc4)nn13)CCCC2)C1CC1. The lowest BCUT2D eigenvalue weighted by atomic mass is 9.96. The first-order valence-electron chi connectivity index (χ1n) is 13.3. The summed E-state index contributed by atoms with van der Waals surface area (Å²) in [6, 6.07) is 20.2. The van der Waals surface area contributed by atoms with E-state index in [1.807, 2.05) is 57.9 Å². The van der Waals surface area contributed by atoms with Gasteiger partial charge < -0.3 is 9.47 Å². The summed E-state index contributed by atoms with van der Waals surface area (Å²) >= 11 is 0. The third-order valence-electron chi connectivity index (χ3n) is 7.87. The number of hydrogen-bond acceptors (Lipinski definition) is 3. The Morgan fingerprint density at radius 2 is 1.58 bits per heavy atom. The normalized spacial score (nSPS) is 17.2. The van der Waals surface area contributed by atoms with Gasteiger partial charge in [-0.2, -0.15) is 5.10 Å². The van der Waals surface area contributed by atoms with Crippen molar-refractivity contribution in [3.8, 4) is 11.1 Å². The minimum Gasteiger partial charge on any atom is -0.311 e. The van der Waals surface area contributed by atoms with E-state index in [4.69, 9.17) is 5.10 Å². The van der Waals surface area contributed by atoms with Gasteiger partial charge in [-0.15, -0.1) is 0 Å². The lowest BCUT2D eigenvalue weighted by Gasteiger charge is -2.23. The molecule has 0 radical (unpaired) electrons. The van der Waals surface area contributed by atoms with Gasteiger partial charge in [0.05, 0.1) is 6.54 Å². The smallest absolute Gasteiger partial charge is 0.230 e. The molecule has 2 saturated carbocycles. The van der Waals surface area contributed by atoms with Crippen molar-refractivity contribution in [1.29, 1.82) is 0 Å². The largest absolute Gasteiger partial charge is 0.311 e. The van der Waals surface area contributed by atoms with Crippen molar-refractivity contribution in [2.24, 2.45) is 11.8 Å². The van der Waals surface area contributed by atoms with Crippen molar-refractivity contribution in [3.63, 3.8) is 0 Å². The van der Waals surface area contributed by atoms with Crippen LogP contribution in [0.25, 0.3) is 16.8 Å². The Balaban J connectivity index is 1.41. The average Bonchev–Trinajstić information content (AvgIpc) is 3.83. The third kappa shape index (κ3) is 3.58. The number of carbonyl (C=O) groups is 2. The first kappa shape index (κ1) is 21.6. The Kier molecular flexibility index (Phi) is 5.08. The molecule has 36 heavy (non-hydrogen) atoms. The van der Waals surface area contributed by atoms with Crippen molar-refractivity contribution >= 4 is 23.0 Å². The number of anilines is 1. The Morgan fingerprint density at radius 3 is 2.28 bits per heavy atom. The van der Waals surface area contributed by atoms with Crippen LogP contribution in [-0.2, 0) is 24.3 Å². The summed E-state index contributed by atoms with van der Waals surface area (Å²) in [5.74, 6) is 1.46. The van der Waals surface area contributed by atoms with E-state index >= 15 is 0 Å². The minimum atomic E-state index is 0.104. The monoisotopic (exact) mass is 478 g/mol. The highest BCUT2D eigenvalue weighted by Gasteiger charge is 2.39. The van der Waals surface area contributed by atoms with E-state index in [0.29, 0.717) is 6.54 Å². The van der Waals surface area contributed by atoms with E-state index in [0.717, 1.165) is 85.5 Å². The van der Waals surface area contributed by atoms with Crippen molar-refractivity contribution < 1.29 is 9.59 Å². The van der Waals surface area contributed by atoms with Crippen LogP contribution >= 0.6 is 0 Å². The molecule has 6 nitrogen and oxygen atoms in total. The van der Waals surface area contributed by atoms with Crippen LogP contribution in [0.15, 0.2) is 60.7 Å². The van der Waals surface area contributed by atoms with Crippen LogP contribution in [0.5, 0.6) is 0 Å². The van der Waals surface area contributed by atoms with Gasteiger partial charge in [0.25, 0.3) is 0 Å². The lowest BCUT2D eigenvalue weighted by Crippen LogP contribution is -2.33. The highest BCUT2D eigenvalue weighted by Crippen LogP contribution is 2.41. The number of amides is 1. The molecular weight excluding hydrogens is 448 g/mol. The zero-order valence-electron chi connectivity index (χ0n) is 20.4. The topological polar surface area (TPSA) is 59.6 Å². The molecule has 2 aliphatic carbocycles. The standard InChI is InChI=1S/C30H30N4O2/c35-28(21-14-15-21)27-26(20-9-3-1-4-10-20)24-13-7-8-18-32-25(31-34(27)29(24)32)19-33(30(36)22-16-17-22)23-11-5-2-6-12-23/h1-6,9-12,21-22H,7-8,13-19H2. The number of ketones is 1. The molecule has 3 heterocycles. The number of nitrogens with zero attached hydrogens (tertiary/aromatic N) is 4. The Hall–Kier alpha value is -3.67. The molecular formula is C30H30N4O2. The molecule has 0 N–H and O–H groups in total. The highest BCUT2D eigenvalue weighted by molar-refractivity contribution is 6.06. The molecule has 0 bridgehead atoms. The fourth-order valence-corrected chi connectivity index (χ4v) is 5.70. The number of rotatable bonds is 7. The molecule has 2 aromatic carbocycles. The second-order valence-electron chi connectivity index (χ2n) is 10.5. The maximum absolute atomic E-state index is 13.7. The number of aromatic nitrogens is 3. The molecule has 0 spiro atoms. The number of hydrogen-bond donors (Lipinski definition) is 0. The number of carbonyl (C=O) groups excluding carboxylic acids is 2. The minimum absolute atomic E-state index is 0.104. The molecule has 182 valence electrons. The van der Waals surface area contributed by atoms with E-state index in [9.17, 15) is 9.59 Å². The molecule has 0 atom stereocenters. The zero-order valence-corrected chi connectivity index (χ0v) is 20.4. The van der Waals surface area contributed by atoms with Gasteiger partial charge in [0.1, 0.15) is 11.3 Å². The predicted molar refractivity (Wildman–Crippen MR) is 139 cm³/mol. The average molecular weight is 479 g/mol. The number of benzene rings is 2. The molecule has 2 fully saturated rings. The summed E-state index contributed by atoms with van der Waals surface area (Å²) in [5, 5.41) is 5.10. The predicted octanol–water partition coefficient (Wildman–Crippen LogP) is 5.68. The van der Waals surface area contributed by atoms with Gasteiger partial charge in [-0.25, -0.2) is 4.52 Å². The van der Waals surface area contributed by atoms with Gasteiger partial charge in [0.15, 0.2) is 11.6 Å². The summed E-state index contributed by atoms with van der Waals surface area (Å²) in [5.41, 5.74) is 6.05. The van der Waals surface area contributed by atoms with Gasteiger partial charge in [0.2, 0.25) is 5.91 Å². The summed E-state index contributed by atoms with van der Waals surface area (Å²) < 4.78 is 4.22. The quantitative estimate of drug-likeness (QED) is 0.321. The first-order chi connectivity index (χ1) is 17.7. The number of Topliss-reactive ketones (excluding diaryl/α,β-unsaturated/α-hetero) is 1. The fourth-order valence-electron chi connectivity index (χ4n) is 5.70. The Labute approximate surface area is 210 Å². The highest BCUT2D eigenvalue weighted by atomic mass is 16.2. The fraction of sp³-hybridized carbons (Fsp3) is 0.367. The first-order valence-corrected chi connectivity index (χ1v) is 13.3. The van der Waals surface area contributed by atoms with Gasteiger partial charge in [-0.05, 0) is 62.6 Å². The molecule has 6 heteroatoms. The second-order valence-corrected chi connectivity index (χ2v) is 10.5.